The zero-order valence-electron chi connectivity index (χ0n) is 10.2. The molecule has 86 valence electrons. The summed E-state index contributed by atoms with van der Waals surface area (Å²) in [5.41, 5.74) is 3.96. The summed E-state index contributed by atoms with van der Waals surface area (Å²) in [4.78, 5) is 0. The Morgan fingerprint density at radius 3 is 2.69 bits per heavy atom. The molecule has 1 N–H and O–H groups in total. The van der Waals surface area contributed by atoms with Gasteiger partial charge in [-0.05, 0) is 38.3 Å². The highest BCUT2D eigenvalue weighted by Crippen LogP contribution is 2.25. The van der Waals surface area contributed by atoms with Crippen LogP contribution >= 0.6 is 0 Å². The summed E-state index contributed by atoms with van der Waals surface area (Å²) in [7, 11) is 2.10. The zero-order chi connectivity index (χ0) is 11.7. The number of aryl methyl sites for hydroxylation is 2. The molecule has 2 aromatic rings. The molecule has 1 aromatic heterocycles. The van der Waals surface area contributed by atoms with Crippen molar-refractivity contribution in [2.45, 2.75) is 32.8 Å². The molecule has 0 spiro atoms. The molecule has 0 aliphatic heterocycles. The number of aliphatic hydroxyl groups is 1. The lowest BCUT2D eigenvalue weighted by Gasteiger charge is -2.04. The molecule has 16 heavy (non-hydrogen) atoms. The molecule has 0 fully saturated rings. The molecule has 2 nitrogen and oxygen atoms in total. The summed E-state index contributed by atoms with van der Waals surface area (Å²) >= 11 is 0. The van der Waals surface area contributed by atoms with Gasteiger partial charge in [0.2, 0.25) is 0 Å². The second-order valence-corrected chi connectivity index (χ2v) is 4.53. The third kappa shape index (κ3) is 1.85. The van der Waals surface area contributed by atoms with Crippen molar-refractivity contribution >= 4 is 10.9 Å². The summed E-state index contributed by atoms with van der Waals surface area (Å²) in [5.74, 6) is 0. The molecule has 0 saturated carbocycles. The van der Waals surface area contributed by atoms with Crippen LogP contribution in [-0.2, 0) is 13.5 Å². The molecule has 0 unspecified atom stereocenters. The van der Waals surface area contributed by atoms with Crippen LogP contribution < -0.4 is 0 Å². The van der Waals surface area contributed by atoms with Gasteiger partial charge in [0.1, 0.15) is 0 Å². The molecule has 0 amide bonds. The Bertz CT molecular complexity index is 497. The van der Waals surface area contributed by atoms with Crippen LogP contribution in [0.5, 0.6) is 0 Å². The first-order chi connectivity index (χ1) is 7.61. The van der Waals surface area contributed by atoms with Crippen LogP contribution in [0.3, 0.4) is 0 Å². The minimum atomic E-state index is -0.224. The molecular formula is C14H19NO. The summed E-state index contributed by atoms with van der Waals surface area (Å²) in [6.45, 7) is 4.00. The van der Waals surface area contributed by atoms with E-state index in [0.717, 1.165) is 12.8 Å². The van der Waals surface area contributed by atoms with Crippen molar-refractivity contribution in [3.05, 3.63) is 35.5 Å². The van der Waals surface area contributed by atoms with E-state index in [1.807, 2.05) is 6.92 Å². The van der Waals surface area contributed by atoms with Gasteiger partial charge in [0, 0.05) is 23.6 Å². The first-order valence-corrected chi connectivity index (χ1v) is 5.82. The highest BCUT2D eigenvalue weighted by atomic mass is 16.3. The fourth-order valence-corrected chi connectivity index (χ4v) is 2.27. The van der Waals surface area contributed by atoms with E-state index in [4.69, 9.17) is 0 Å². The Morgan fingerprint density at radius 2 is 2.00 bits per heavy atom. The third-order valence-corrected chi connectivity index (χ3v) is 3.34. The summed E-state index contributed by atoms with van der Waals surface area (Å²) in [6.07, 6.45) is 1.55. The highest BCUT2D eigenvalue weighted by Gasteiger charge is 2.11. The van der Waals surface area contributed by atoms with Gasteiger partial charge in [-0.25, -0.2) is 0 Å². The van der Waals surface area contributed by atoms with E-state index in [1.54, 1.807) is 0 Å². The molecular weight excluding hydrogens is 198 g/mol. The standard InChI is InChI=1S/C14H19NO/c1-10(16)8-9-12-11(2)15(3)14-7-5-4-6-13(12)14/h4-7,10,16H,8-9H2,1-3H3/t10-/m1/s1. The smallest absolute Gasteiger partial charge is 0.0515 e. The lowest BCUT2D eigenvalue weighted by atomic mass is 10.0. The van der Waals surface area contributed by atoms with Crippen molar-refractivity contribution in [3.63, 3.8) is 0 Å². The Kier molecular flexibility index (Phi) is 3.01. The summed E-state index contributed by atoms with van der Waals surface area (Å²) < 4.78 is 2.23. The van der Waals surface area contributed by atoms with Crippen LogP contribution in [0.2, 0.25) is 0 Å². The van der Waals surface area contributed by atoms with E-state index in [0.29, 0.717) is 0 Å². The second-order valence-electron chi connectivity index (χ2n) is 4.53. The molecule has 1 heterocycles. The van der Waals surface area contributed by atoms with E-state index in [1.165, 1.54) is 22.2 Å². The van der Waals surface area contributed by atoms with Crippen molar-refractivity contribution < 1.29 is 5.11 Å². The fraction of sp³-hybridized carbons (Fsp3) is 0.429. The first kappa shape index (κ1) is 11.2. The van der Waals surface area contributed by atoms with Gasteiger partial charge in [-0.3, -0.25) is 0 Å². The number of hydrogen-bond donors (Lipinski definition) is 1. The fourth-order valence-electron chi connectivity index (χ4n) is 2.27. The maximum absolute atomic E-state index is 9.38. The van der Waals surface area contributed by atoms with Crippen LogP contribution in [-0.4, -0.2) is 15.8 Å². The van der Waals surface area contributed by atoms with E-state index in [-0.39, 0.29) is 6.10 Å². The number of para-hydroxylation sites is 1. The maximum Gasteiger partial charge on any atom is 0.0515 e. The number of aliphatic hydroxyl groups excluding tert-OH is 1. The van der Waals surface area contributed by atoms with Crippen LogP contribution in [0.15, 0.2) is 24.3 Å². The Morgan fingerprint density at radius 1 is 1.31 bits per heavy atom. The lowest BCUT2D eigenvalue weighted by Crippen LogP contribution is -2.02. The topological polar surface area (TPSA) is 25.2 Å². The summed E-state index contributed by atoms with van der Waals surface area (Å²) in [5, 5.41) is 10.7. The predicted molar refractivity (Wildman–Crippen MR) is 67.7 cm³/mol. The van der Waals surface area contributed by atoms with Gasteiger partial charge >= 0.3 is 0 Å². The molecule has 1 atom stereocenters. The van der Waals surface area contributed by atoms with Crippen LogP contribution in [0.1, 0.15) is 24.6 Å². The van der Waals surface area contributed by atoms with E-state index < -0.39 is 0 Å². The van der Waals surface area contributed by atoms with Crippen molar-refractivity contribution in [2.24, 2.45) is 7.05 Å². The molecule has 2 rings (SSSR count). The van der Waals surface area contributed by atoms with E-state index in [2.05, 4.69) is 42.8 Å². The minimum Gasteiger partial charge on any atom is -0.393 e. The molecule has 0 aliphatic rings. The number of aromatic nitrogens is 1. The Labute approximate surface area is 96.5 Å². The Balaban J connectivity index is 2.47. The van der Waals surface area contributed by atoms with Crippen LogP contribution in [0.4, 0.5) is 0 Å². The van der Waals surface area contributed by atoms with Gasteiger partial charge in [-0.15, -0.1) is 0 Å². The molecule has 2 heteroatoms. The number of nitrogens with zero attached hydrogens (tertiary/aromatic N) is 1. The van der Waals surface area contributed by atoms with Crippen LogP contribution in [0.25, 0.3) is 10.9 Å². The van der Waals surface area contributed by atoms with Crippen molar-refractivity contribution in [1.82, 2.24) is 4.57 Å². The van der Waals surface area contributed by atoms with Gasteiger partial charge in [0.25, 0.3) is 0 Å². The molecule has 1 aromatic carbocycles. The second kappa shape index (κ2) is 4.30. The van der Waals surface area contributed by atoms with E-state index >= 15 is 0 Å². The lowest BCUT2D eigenvalue weighted by molar-refractivity contribution is 0.185. The monoisotopic (exact) mass is 217 g/mol. The predicted octanol–water partition coefficient (Wildman–Crippen LogP) is 2.80. The minimum absolute atomic E-state index is 0.224. The average Bonchev–Trinajstić information content (AvgIpc) is 2.50. The van der Waals surface area contributed by atoms with Gasteiger partial charge in [-0.1, -0.05) is 18.2 Å². The van der Waals surface area contributed by atoms with Gasteiger partial charge in [0.05, 0.1) is 6.10 Å². The van der Waals surface area contributed by atoms with Crippen LogP contribution in [0, 0.1) is 6.92 Å². The molecule has 0 aliphatic carbocycles. The molecule has 0 bridgehead atoms. The maximum atomic E-state index is 9.38. The van der Waals surface area contributed by atoms with Crippen molar-refractivity contribution in [3.8, 4) is 0 Å². The third-order valence-electron chi connectivity index (χ3n) is 3.34. The van der Waals surface area contributed by atoms with Crippen molar-refractivity contribution in [1.29, 1.82) is 0 Å². The quantitative estimate of drug-likeness (QED) is 0.840. The average molecular weight is 217 g/mol. The van der Waals surface area contributed by atoms with Crippen molar-refractivity contribution in [2.75, 3.05) is 0 Å². The molecule has 0 radical (unpaired) electrons. The number of hydrogen-bond acceptors (Lipinski definition) is 1. The van der Waals surface area contributed by atoms with Gasteiger partial charge < -0.3 is 9.67 Å². The molecule has 0 saturated heterocycles. The highest BCUT2D eigenvalue weighted by molar-refractivity contribution is 5.85. The largest absolute Gasteiger partial charge is 0.393 e. The number of benzene rings is 1. The van der Waals surface area contributed by atoms with Gasteiger partial charge in [0.15, 0.2) is 0 Å². The zero-order valence-corrected chi connectivity index (χ0v) is 10.2. The summed E-state index contributed by atoms with van der Waals surface area (Å²) in [6, 6.07) is 8.46. The normalized spacial score (nSPS) is 13.2. The SMILES string of the molecule is Cc1c(CC[C@@H](C)O)c2ccccc2n1C. The number of rotatable bonds is 3. The number of fused-ring (bicyclic) bond motifs is 1. The van der Waals surface area contributed by atoms with E-state index in [9.17, 15) is 5.11 Å². The van der Waals surface area contributed by atoms with Gasteiger partial charge in [-0.2, -0.15) is 0 Å². The first-order valence-electron chi connectivity index (χ1n) is 5.82. The Hall–Kier alpha value is -1.28.